The number of carbonyl (C=O) groups is 1. The average molecular weight is 292 g/mol. The van der Waals surface area contributed by atoms with Crippen LogP contribution >= 0.6 is 11.3 Å². The molecular formula is C14H13FN2O2S. The molecule has 0 bridgehead atoms. The van der Waals surface area contributed by atoms with Crippen molar-refractivity contribution in [3.05, 3.63) is 45.7 Å². The first-order chi connectivity index (χ1) is 9.61. The smallest absolute Gasteiger partial charge is 0.335 e. The van der Waals surface area contributed by atoms with Gasteiger partial charge >= 0.3 is 5.97 Å². The van der Waals surface area contributed by atoms with E-state index < -0.39 is 11.8 Å². The van der Waals surface area contributed by atoms with Crippen LogP contribution in [0.3, 0.4) is 0 Å². The summed E-state index contributed by atoms with van der Waals surface area (Å²) in [5.41, 5.74) is 1.28. The molecule has 0 aliphatic heterocycles. The van der Waals surface area contributed by atoms with Crippen molar-refractivity contribution >= 4 is 23.0 Å². The van der Waals surface area contributed by atoms with E-state index in [0.717, 1.165) is 16.8 Å². The number of aromatic carboxylic acids is 1. The van der Waals surface area contributed by atoms with Gasteiger partial charge in [0.1, 0.15) is 5.82 Å². The highest BCUT2D eigenvalue weighted by molar-refractivity contribution is 7.09. The van der Waals surface area contributed by atoms with Crippen molar-refractivity contribution in [3.8, 4) is 0 Å². The van der Waals surface area contributed by atoms with Crippen LogP contribution in [0, 0.1) is 5.82 Å². The molecular weight excluding hydrogens is 279 g/mol. The molecule has 104 valence electrons. The summed E-state index contributed by atoms with van der Waals surface area (Å²) in [7, 11) is 0. The largest absolute Gasteiger partial charge is 0.478 e. The minimum Gasteiger partial charge on any atom is -0.478 e. The molecule has 1 fully saturated rings. The number of halogens is 1. The van der Waals surface area contributed by atoms with Crippen LogP contribution in [-0.4, -0.2) is 16.1 Å². The molecule has 2 N–H and O–H groups in total. The molecule has 20 heavy (non-hydrogen) atoms. The number of nitrogens with zero attached hydrogens (tertiary/aromatic N) is 1. The molecule has 0 atom stereocenters. The van der Waals surface area contributed by atoms with Gasteiger partial charge in [0.2, 0.25) is 0 Å². The lowest BCUT2D eigenvalue weighted by Crippen LogP contribution is -2.03. The SMILES string of the molecule is O=C(O)c1cc(F)cc(NCc2csc(C3CC3)n2)c1. The molecule has 1 saturated carbocycles. The van der Waals surface area contributed by atoms with E-state index in [9.17, 15) is 9.18 Å². The fraction of sp³-hybridized carbons (Fsp3) is 0.286. The molecule has 4 nitrogen and oxygen atoms in total. The van der Waals surface area contributed by atoms with Crippen LogP contribution in [0.15, 0.2) is 23.6 Å². The molecule has 0 radical (unpaired) electrons. The van der Waals surface area contributed by atoms with E-state index in [1.807, 2.05) is 5.38 Å². The van der Waals surface area contributed by atoms with Gasteiger partial charge in [0.05, 0.1) is 22.8 Å². The molecule has 1 aliphatic rings. The Labute approximate surface area is 119 Å². The zero-order chi connectivity index (χ0) is 14.1. The van der Waals surface area contributed by atoms with Gasteiger partial charge in [-0.2, -0.15) is 0 Å². The molecule has 0 spiro atoms. The third-order valence-corrected chi connectivity index (χ3v) is 4.17. The third kappa shape index (κ3) is 2.96. The maximum absolute atomic E-state index is 13.3. The van der Waals surface area contributed by atoms with E-state index in [2.05, 4.69) is 10.3 Å². The molecule has 1 heterocycles. The summed E-state index contributed by atoms with van der Waals surface area (Å²) < 4.78 is 13.3. The summed E-state index contributed by atoms with van der Waals surface area (Å²) in [6, 6.07) is 3.70. The molecule has 0 saturated heterocycles. The Morgan fingerprint density at radius 2 is 2.25 bits per heavy atom. The normalized spacial score (nSPS) is 14.2. The Kier molecular flexibility index (Phi) is 3.40. The van der Waals surface area contributed by atoms with E-state index in [1.165, 1.54) is 25.0 Å². The van der Waals surface area contributed by atoms with Crippen molar-refractivity contribution in [1.82, 2.24) is 4.98 Å². The lowest BCUT2D eigenvalue weighted by molar-refractivity contribution is 0.0696. The van der Waals surface area contributed by atoms with E-state index in [4.69, 9.17) is 5.11 Å². The summed E-state index contributed by atoms with van der Waals surface area (Å²) in [6.45, 7) is 0.464. The standard InChI is InChI=1S/C14H13FN2O2S/c15-10-3-9(14(18)19)4-11(5-10)16-6-12-7-20-13(17-12)8-1-2-8/h3-5,7-8,16H,1-2,6H2,(H,18,19). The number of rotatable bonds is 5. The van der Waals surface area contributed by atoms with E-state index in [0.29, 0.717) is 18.2 Å². The van der Waals surface area contributed by atoms with E-state index in [1.54, 1.807) is 11.3 Å². The number of carboxylic acids is 1. The van der Waals surface area contributed by atoms with Crippen molar-refractivity contribution in [2.24, 2.45) is 0 Å². The summed E-state index contributed by atoms with van der Waals surface area (Å²) in [4.78, 5) is 15.4. The quantitative estimate of drug-likeness (QED) is 0.885. The minimum atomic E-state index is -1.14. The molecule has 1 aromatic heterocycles. The maximum Gasteiger partial charge on any atom is 0.335 e. The molecule has 0 amide bonds. The van der Waals surface area contributed by atoms with Crippen molar-refractivity contribution in [1.29, 1.82) is 0 Å². The van der Waals surface area contributed by atoms with Crippen LogP contribution in [0.5, 0.6) is 0 Å². The van der Waals surface area contributed by atoms with Gasteiger partial charge < -0.3 is 10.4 Å². The predicted molar refractivity (Wildman–Crippen MR) is 74.8 cm³/mol. The number of hydrogen-bond acceptors (Lipinski definition) is 4. The van der Waals surface area contributed by atoms with E-state index in [-0.39, 0.29) is 5.56 Å². The van der Waals surface area contributed by atoms with Gasteiger partial charge in [-0.25, -0.2) is 14.2 Å². The van der Waals surface area contributed by atoms with Gasteiger partial charge in [-0.15, -0.1) is 11.3 Å². The first-order valence-corrected chi connectivity index (χ1v) is 7.22. The van der Waals surface area contributed by atoms with Gasteiger partial charge in [0, 0.05) is 17.0 Å². The molecule has 6 heteroatoms. The van der Waals surface area contributed by atoms with Crippen molar-refractivity contribution in [2.75, 3.05) is 5.32 Å². The van der Waals surface area contributed by atoms with Crippen molar-refractivity contribution in [3.63, 3.8) is 0 Å². The van der Waals surface area contributed by atoms with Crippen molar-refractivity contribution < 1.29 is 14.3 Å². The number of benzene rings is 1. The van der Waals surface area contributed by atoms with Crippen LogP contribution in [0.4, 0.5) is 10.1 Å². The molecule has 0 unspecified atom stereocenters. The Hall–Kier alpha value is -1.95. The second-order valence-corrected chi connectivity index (χ2v) is 5.73. The van der Waals surface area contributed by atoms with Crippen molar-refractivity contribution in [2.45, 2.75) is 25.3 Å². The summed E-state index contributed by atoms with van der Waals surface area (Å²) in [5, 5.41) is 15.0. The molecule has 1 aromatic carbocycles. The van der Waals surface area contributed by atoms with Crippen LogP contribution < -0.4 is 5.32 Å². The van der Waals surface area contributed by atoms with Gasteiger partial charge in [-0.05, 0) is 31.0 Å². The first kappa shape index (κ1) is 13.1. The second-order valence-electron chi connectivity index (χ2n) is 4.84. The highest BCUT2D eigenvalue weighted by Crippen LogP contribution is 2.41. The highest BCUT2D eigenvalue weighted by atomic mass is 32.1. The van der Waals surface area contributed by atoms with Gasteiger partial charge in [0.25, 0.3) is 0 Å². The molecule has 3 rings (SSSR count). The Bertz CT molecular complexity index is 652. The Balaban J connectivity index is 1.69. The molecule has 1 aliphatic carbocycles. The number of carboxylic acid groups (broad SMARTS) is 1. The fourth-order valence-electron chi connectivity index (χ4n) is 1.93. The average Bonchev–Trinajstić information content (AvgIpc) is 3.15. The third-order valence-electron chi connectivity index (χ3n) is 3.11. The number of hydrogen-bond donors (Lipinski definition) is 2. The number of nitrogens with one attached hydrogen (secondary N) is 1. The second kappa shape index (κ2) is 5.20. The fourth-order valence-corrected chi connectivity index (χ4v) is 2.92. The predicted octanol–water partition coefficient (Wildman–Crippen LogP) is 3.47. The van der Waals surface area contributed by atoms with Crippen LogP contribution in [-0.2, 0) is 6.54 Å². The zero-order valence-corrected chi connectivity index (χ0v) is 11.4. The lowest BCUT2D eigenvalue weighted by atomic mass is 10.2. The highest BCUT2D eigenvalue weighted by Gasteiger charge is 2.26. The minimum absolute atomic E-state index is 0.0653. The summed E-state index contributed by atoms with van der Waals surface area (Å²) in [6.07, 6.45) is 2.43. The monoisotopic (exact) mass is 292 g/mol. The maximum atomic E-state index is 13.3. The zero-order valence-electron chi connectivity index (χ0n) is 10.6. The van der Waals surface area contributed by atoms with Gasteiger partial charge in [-0.3, -0.25) is 0 Å². The Morgan fingerprint density at radius 3 is 2.95 bits per heavy atom. The summed E-state index contributed by atoms with van der Waals surface area (Å²) in [5.74, 6) is -1.08. The number of anilines is 1. The lowest BCUT2D eigenvalue weighted by Gasteiger charge is -2.06. The van der Waals surface area contributed by atoms with Gasteiger partial charge in [0.15, 0.2) is 0 Å². The van der Waals surface area contributed by atoms with E-state index >= 15 is 0 Å². The topological polar surface area (TPSA) is 62.2 Å². The Morgan fingerprint density at radius 1 is 1.45 bits per heavy atom. The van der Waals surface area contributed by atoms with Gasteiger partial charge in [-0.1, -0.05) is 0 Å². The van der Waals surface area contributed by atoms with Crippen LogP contribution in [0.1, 0.15) is 39.8 Å². The first-order valence-electron chi connectivity index (χ1n) is 6.34. The van der Waals surface area contributed by atoms with Crippen LogP contribution in [0.2, 0.25) is 0 Å². The number of thiazole rings is 1. The summed E-state index contributed by atoms with van der Waals surface area (Å²) >= 11 is 1.65. The molecule has 2 aromatic rings. The number of aromatic nitrogens is 1. The van der Waals surface area contributed by atoms with Crippen LogP contribution in [0.25, 0.3) is 0 Å².